The van der Waals surface area contributed by atoms with E-state index in [-0.39, 0.29) is 30.2 Å². The van der Waals surface area contributed by atoms with Crippen LogP contribution in [0.3, 0.4) is 0 Å². The third-order valence-electron chi connectivity index (χ3n) is 4.35. The summed E-state index contributed by atoms with van der Waals surface area (Å²) >= 11 is 0. The number of halogens is 1. The summed E-state index contributed by atoms with van der Waals surface area (Å²) in [5, 5.41) is 23.2. The van der Waals surface area contributed by atoms with Gasteiger partial charge in [-0.05, 0) is 30.9 Å². The Morgan fingerprint density at radius 3 is 3.00 bits per heavy atom. The molecule has 1 aromatic heterocycles. The van der Waals surface area contributed by atoms with Crippen molar-refractivity contribution in [2.24, 2.45) is 5.41 Å². The molecule has 1 aromatic rings. The summed E-state index contributed by atoms with van der Waals surface area (Å²) in [7, 11) is 0. The SMILES string of the molecule is O=C(NCCO)c1cc(NC2CC23CC(=CO)C3)ncc1F. The van der Waals surface area contributed by atoms with E-state index in [1.54, 1.807) is 0 Å². The lowest BCUT2D eigenvalue weighted by atomic mass is 9.77. The van der Waals surface area contributed by atoms with E-state index in [4.69, 9.17) is 10.2 Å². The number of rotatable bonds is 5. The molecule has 2 saturated carbocycles. The van der Waals surface area contributed by atoms with Crippen LogP contribution < -0.4 is 10.6 Å². The van der Waals surface area contributed by atoms with Gasteiger partial charge >= 0.3 is 0 Å². The number of nitrogens with one attached hydrogen (secondary N) is 2. The van der Waals surface area contributed by atoms with Crippen LogP contribution in [0, 0.1) is 11.2 Å². The number of amides is 1. The van der Waals surface area contributed by atoms with Crippen LogP contribution in [0.4, 0.5) is 10.2 Å². The first-order chi connectivity index (χ1) is 10.6. The molecule has 3 rings (SSSR count). The van der Waals surface area contributed by atoms with Crippen molar-refractivity contribution < 1.29 is 19.4 Å². The standard InChI is InChI=1S/C15H18FN3O3/c16-11-7-18-13(3-10(11)14(22)17-1-2-20)19-12-6-15(12)4-9(5-15)8-21/h3,7-8,12,20-21H,1-2,4-6H2,(H,17,22)(H,18,19). The van der Waals surface area contributed by atoms with E-state index < -0.39 is 11.7 Å². The number of carbonyl (C=O) groups is 1. The Balaban J connectivity index is 1.65. The zero-order valence-corrected chi connectivity index (χ0v) is 12.0. The Morgan fingerprint density at radius 2 is 2.32 bits per heavy atom. The van der Waals surface area contributed by atoms with Gasteiger partial charge in [0.2, 0.25) is 0 Å². The highest BCUT2D eigenvalue weighted by atomic mass is 19.1. The van der Waals surface area contributed by atoms with Crippen LogP contribution >= 0.6 is 0 Å². The highest BCUT2D eigenvalue weighted by Crippen LogP contribution is 2.63. The summed E-state index contributed by atoms with van der Waals surface area (Å²) in [5.74, 6) is -0.809. The van der Waals surface area contributed by atoms with E-state index >= 15 is 0 Å². The quantitative estimate of drug-likeness (QED) is 0.616. The van der Waals surface area contributed by atoms with Crippen LogP contribution in [0.25, 0.3) is 0 Å². The van der Waals surface area contributed by atoms with E-state index in [1.807, 2.05) is 0 Å². The van der Waals surface area contributed by atoms with Crippen LogP contribution in [0.5, 0.6) is 0 Å². The summed E-state index contributed by atoms with van der Waals surface area (Å²) in [5.41, 5.74) is 1.13. The van der Waals surface area contributed by atoms with Crippen LogP contribution in [0.2, 0.25) is 0 Å². The summed E-state index contributed by atoms with van der Waals surface area (Å²) in [6.45, 7) is -0.125. The highest BCUT2D eigenvalue weighted by Gasteiger charge is 2.60. The van der Waals surface area contributed by atoms with Gasteiger partial charge in [-0.1, -0.05) is 0 Å². The van der Waals surface area contributed by atoms with Gasteiger partial charge in [-0.25, -0.2) is 9.37 Å². The molecule has 118 valence electrons. The molecule has 4 N–H and O–H groups in total. The second-order valence-electron chi connectivity index (χ2n) is 5.93. The first kappa shape index (κ1) is 14.8. The number of aromatic nitrogens is 1. The monoisotopic (exact) mass is 307 g/mol. The Morgan fingerprint density at radius 1 is 1.55 bits per heavy atom. The molecule has 1 heterocycles. The number of allylic oxidation sites excluding steroid dienone is 1. The molecule has 0 bridgehead atoms. The minimum atomic E-state index is -0.694. The number of aliphatic hydroxyl groups excluding tert-OH is 2. The number of anilines is 1. The lowest BCUT2D eigenvalue weighted by molar-refractivity contribution is 0.0940. The summed E-state index contributed by atoms with van der Waals surface area (Å²) in [6.07, 6.45) is 4.90. The third kappa shape index (κ3) is 2.64. The molecule has 22 heavy (non-hydrogen) atoms. The number of hydrogen-bond acceptors (Lipinski definition) is 5. The lowest BCUT2D eigenvalue weighted by Crippen LogP contribution is -2.28. The average molecular weight is 307 g/mol. The first-order valence-electron chi connectivity index (χ1n) is 7.21. The normalized spacial score (nSPS) is 25.5. The van der Waals surface area contributed by atoms with Crippen molar-refractivity contribution in [2.75, 3.05) is 18.5 Å². The van der Waals surface area contributed by atoms with Gasteiger partial charge in [-0.3, -0.25) is 4.79 Å². The zero-order chi connectivity index (χ0) is 15.7. The number of nitrogens with zero attached hydrogens (tertiary/aromatic N) is 1. The van der Waals surface area contributed by atoms with Gasteiger partial charge in [0.25, 0.3) is 5.91 Å². The number of aliphatic hydroxyl groups is 2. The van der Waals surface area contributed by atoms with Gasteiger partial charge in [-0.15, -0.1) is 0 Å². The number of hydrogen-bond donors (Lipinski definition) is 4. The van der Waals surface area contributed by atoms with Gasteiger partial charge in [0.15, 0.2) is 5.82 Å². The maximum Gasteiger partial charge on any atom is 0.254 e. The average Bonchev–Trinajstić information content (AvgIpc) is 3.19. The third-order valence-corrected chi connectivity index (χ3v) is 4.35. The Kier molecular flexibility index (Phi) is 3.74. The van der Waals surface area contributed by atoms with Crippen LogP contribution in [0.15, 0.2) is 24.1 Å². The molecule has 2 aliphatic rings. The van der Waals surface area contributed by atoms with Crippen molar-refractivity contribution >= 4 is 11.7 Å². The van der Waals surface area contributed by atoms with Gasteiger partial charge in [0.05, 0.1) is 24.6 Å². The van der Waals surface area contributed by atoms with Gasteiger partial charge in [0, 0.05) is 18.0 Å². The molecule has 2 aliphatic carbocycles. The molecule has 1 atom stereocenters. The van der Waals surface area contributed by atoms with Crippen molar-refractivity contribution in [3.05, 3.63) is 35.5 Å². The van der Waals surface area contributed by atoms with E-state index in [1.165, 1.54) is 12.3 Å². The second-order valence-corrected chi connectivity index (χ2v) is 5.93. The van der Waals surface area contributed by atoms with Crippen molar-refractivity contribution in [1.82, 2.24) is 10.3 Å². The first-order valence-corrected chi connectivity index (χ1v) is 7.21. The van der Waals surface area contributed by atoms with Crippen LogP contribution in [-0.4, -0.2) is 40.3 Å². The van der Waals surface area contributed by atoms with Crippen molar-refractivity contribution in [1.29, 1.82) is 0 Å². The zero-order valence-electron chi connectivity index (χ0n) is 12.0. The topological polar surface area (TPSA) is 94.5 Å². The molecular formula is C15H18FN3O3. The summed E-state index contributed by atoms with van der Waals surface area (Å²) in [6, 6.07) is 1.62. The smallest absolute Gasteiger partial charge is 0.254 e. The maximum atomic E-state index is 13.7. The van der Waals surface area contributed by atoms with Crippen molar-refractivity contribution in [3.8, 4) is 0 Å². The Labute approximate surface area is 127 Å². The number of carbonyl (C=O) groups excluding carboxylic acids is 1. The molecule has 0 radical (unpaired) electrons. The van der Waals surface area contributed by atoms with Crippen LogP contribution in [0.1, 0.15) is 29.6 Å². The minimum Gasteiger partial charge on any atom is -0.516 e. The van der Waals surface area contributed by atoms with E-state index in [2.05, 4.69) is 15.6 Å². The van der Waals surface area contributed by atoms with Gasteiger partial charge in [0.1, 0.15) is 5.82 Å². The fourth-order valence-corrected chi connectivity index (χ4v) is 3.02. The molecule has 1 amide bonds. The summed E-state index contributed by atoms with van der Waals surface area (Å²) in [4.78, 5) is 15.8. The molecule has 6 nitrogen and oxygen atoms in total. The lowest BCUT2D eigenvalue weighted by Gasteiger charge is -2.29. The second kappa shape index (κ2) is 5.57. The molecule has 1 spiro atoms. The van der Waals surface area contributed by atoms with Crippen molar-refractivity contribution in [3.63, 3.8) is 0 Å². The van der Waals surface area contributed by atoms with E-state index in [0.717, 1.165) is 31.0 Å². The predicted molar refractivity (Wildman–Crippen MR) is 78.0 cm³/mol. The molecule has 0 aromatic carbocycles. The fourth-order valence-electron chi connectivity index (χ4n) is 3.02. The Bertz CT molecular complexity index is 624. The molecule has 1 unspecified atom stereocenters. The predicted octanol–water partition coefficient (Wildman–Crippen LogP) is 1.35. The molecule has 2 fully saturated rings. The fraction of sp³-hybridized carbons (Fsp3) is 0.467. The molecular weight excluding hydrogens is 289 g/mol. The maximum absolute atomic E-state index is 13.7. The highest BCUT2D eigenvalue weighted by molar-refractivity contribution is 5.95. The largest absolute Gasteiger partial charge is 0.516 e. The van der Waals surface area contributed by atoms with Crippen molar-refractivity contribution in [2.45, 2.75) is 25.3 Å². The Hall–Kier alpha value is -2.15. The van der Waals surface area contributed by atoms with Crippen LogP contribution in [-0.2, 0) is 0 Å². The molecule has 0 aliphatic heterocycles. The molecule has 0 saturated heterocycles. The summed E-state index contributed by atoms with van der Waals surface area (Å²) < 4.78 is 13.7. The molecule has 7 heteroatoms. The van der Waals surface area contributed by atoms with Gasteiger partial charge < -0.3 is 20.8 Å². The minimum absolute atomic E-state index is 0.0748. The van der Waals surface area contributed by atoms with E-state index in [9.17, 15) is 9.18 Å². The number of pyridine rings is 1. The van der Waals surface area contributed by atoms with Gasteiger partial charge in [-0.2, -0.15) is 0 Å². The van der Waals surface area contributed by atoms with E-state index in [0.29, 0.717) is 5.82 Å².